The molecule has 0 N–H and O–H groups in total. The van der Waals surface area contributed by atoms with E-state index in [9.17, 15) is 8.42 Å². The molecule has 1 aliphatic rings. The lowest BCUT2D eigenvalue weighted by Gasteiger charge is -2.19. The third-order valence-electron chi connectivity index (χ3n) is 2.34. The van der Waals surface area contributed by atoms with Gasteiger partial charge in [-0.3, -0.25) is 0 Å². The number of halogens is 1. The lowest BCUT2D eigenvalue weighted by atomic mass is 10.0. The summed E-state index contributed by atoms with van der Waals surface area (Å²) >= 11 is 0. The second-order valence-electron chi connectivity index (χ2n) is 3.54. The van der Waals surface area contributed by atoms with Crippen LogP contribution in [0.1, 0.15) is 17.5 Å². The van der Waals surface area contributed by atoms with Crippen LogP contribution in [0.3, 0.4) is 0 Å². The summed E-state index contributed by atoms with van der Waals surface area (Å²) in [6.07, 6.45) is 1.91. The molecule has 0 saturated carbocycles. The maximum Gasteiger partial charge on any atom is 0.236 e. The van der Waals surface area contributed by atoms with Crippen LogP contribution in [0.5, 0.6) is 5.75 Å². The van der Waals surface area contributed by atoms with Crippen molar-refractivity contribution >= 4 is 19.7 Å². The molecule has 0 aliphatic carbocycles. The molecule has 0 spiro atoms. The topological polar surface area (TPSA) is 43.4 Å². The van der Waals surface area contributed by atoms with Gasteiger partial charge in [0, 0.05) is 16.2 Å². The number of aryl methyl sites for hydroxylation is 1. The first kappa shape index (κ1) is 10.8. The Morgan fingerprint density at radius 1 is 1.40 bits per heavy atom. The van der Waals surface area contributed by atoms with Crippen LogP contribution in [0.2, 0.25) is 0 Å². The van der Waals surface area contributed by atoms with Crippen molar-refractivity contribution in [3.8, 4) is 5.75 Å². The van der Waals surface area contributed by atoms with Crippen molar-refractivity contribution in [1.82, 2.24) is 0 Å². The van der Waals surface area contributed by atoms with Gasteiger partial charge < -0.3 is 4.74 Å². The summed E-state index contributed by atoms with van der Waals surface area (Å²) in [5, 5.41) is 0. The average molecular weight is 247 g/mol. The number of ether oxygens (including phenoxy) is 1. The number of hydrogen-bond acceptors (Lipinski definition) is 3. The minimum Gasteiger partial charge on any atom is -0.493 e. The summed E-state index contributed by atoms with van der Waals surface area (Å²) in [4.78, 5) is 0. The van der Waals surface area contributed by atoms with Crippen LogP contribution in [0.4, 0.5) is 0 Å². The molecule has 82 valence electrons. The molecule has 2 rings (SSSR count). The average Bonchev–Trinajstić information content (AvgIpc) is 2.16. The smallest absolute Gasteiger partial charge is 0.236 e. The van der Waals surface area contributed by atoms with Crippen molar-refractivity contribution in [1.29, 1.82) is 0 Å². The van der Waals surface area contributed by atoms with Gasteiger partial charge >= 0.3 is 0 Å². The Bertz CT molecular complexity index is 468. The molecular weight excluding hydrogens is 236 g/mol. The fourth-order valence-electron chi connectivity index (χ4n) is 1.76. The van der Waals surface area contributed by atoms with Gasteiger partial charge in [0.1, 0.15) is 5.75 Å². The molecule has 1 aliphatic heterocycles. The lowest BCUT2D eigenvalue weighted by Crippen LogP contribution is -2.11. The highest BCUT2D eigenvalue weighted by Gasteiger charge is 2.17. The van der Waals surface area contributed by atoms with Crippen molar-refractivity contribution in [3.05, 3.63) is 29.3 Å². The van der Waals surface area contributed by atoms with E-state index >= 15 is 0 Å². The number of rotatable bonds is 2. The number of hydrogen-bond donors (Lipinski definition) is 0. The maximum absolute atomic E-state index is 11.0. The Hall–Kier alpha value is -0.740. The quantitative estimate of drug-likeness (QED) is 0.751. The van der Waals surface area contributed by atoms with Crippen molar-refractivity contribution in [2.24, 2.45) is 0 Å². The molecule has 0 saturated heterocycles. The molecule has 1 aromatic carbocycles. The SMILES string of the molecule is O=S(=O)(Cl)Cc1cccc2c1OCCC2. The molecule has 0 bridgehead atoms. The molecule has 0 fully saturated rings. The summed E-state index contributed by atoms with van der Waals surface area (Å²) in [5.41, 5.74) is 1.72. The van der Waals surface area contributed by atoms with Crippen molar-refractivity contribution in [2.45, 2.75) is 18.6 Å². The van der Waals surface area contributed by atoms with E-state index in [1.807, 2.05) is 12.1 Å². The Morgan fingerprint density at radius 2 is 2.20 bits per heavy atom. The normalized spacial score (nSPS) is 15.5. The van der Waals surface area contributed by atoms with E-state index in [0.29, 0.717) is 17.9 Å². The molecule has 0 radical (unpaired) electrons. The Balaban J connectivity index is 2.39. The molecule has 0 aromatic heterocycles. The van der Waals surface area contributed by atoms with Gasteiger partial charge in [-0.1, -0.05) is 18.2 Å². The molecular formula is C10H11ClO3S. The summed E-state index contributed by atoms with van der Waals surface area (Å²) in [7, 11) is 1.71. The van der Waals surface area contributed by atoms with Gasteiger partial charge in [0.05, 0.1) is 12.4 Å². The van der Waals surface area contributed by atoms with Gasteiger partial charge in [0.2, 0.25) is 9.05 Å². The lowest BCUT2D eigenvalue weighted by molar-refractivity contribution is 0.286. The predicted octanol–water partition coefficient (Wildman–Crippen LogP) is 2.08. The van der Waals surface area contributed by atoms with Crippen molar-refractivity contribution < 1.29 is 13.2 Å². The second-order valence-corrected chi connectivity index (χ2v) is 6.32. The monoisotopic (exact) mass is 246 g/mol. The molecule has 1 aromatic rings. The van der Waals surface area contributed by atoms with Gasteiger partial charge in [0.15, 0.2) is 0 Å². The van der Waals surface area contributed by atoms with Crippen LogP contribution < -0.4 is 4.74 Å². The van der Waals surface area contributed by atoms with Crippen LogP contribution in [-0.4, -0.2) is 15.0 Å². The van der Waals surface area contributed by atoms with E-state index in [0.717, 1.165) is 18.4 Å². The van der Waals surface area contributed by atoms with E-state index in [2.05, 4.69) is 0 Å². The molecule has 0 amide bonds. The summed E-state index contributed by atoms with van der Waals surface area (Å²) in [5.74, 6) is 0.533. The Morgan fingerprint density at radius 3 is 2.93 bits per heavy atom. The minimum atomic E-state index is -3.52. The molecule has 1 heterocycles. The van der Waals surface area contributed by atoms with Crippen LogP contribution in [0, 0.1) is 0 Å². The predicted molar refractivity (Wildman–Crippen MR) is 58.7 cm³/mol. The van der Waals surface area contributed by atoms with Crippen LogP contribution in [0.15, 0.2) is 18.2 Å². The van der Waals surface area contributed by atoms with Gasteiger partial charge in [-0.2, -0.15) is 0 Å². The standard InChI is InChI=1S/C10H11ClO3S/c11-15(12,13)7-9-4-1-3-8-5-2-6-14-10(8)9/h1,3-4H,2,5-7H2. The zero-order chi connectivity index (χ0) is 10.9. The highest BCUT2D eigenvalue weighted by atomic mass is 35.7. The Kier molecular flexibility index (Phi) is 2.89. The van der Waals surface area contributed by atoms with Gasteiger partial charge in [-0.25, -0.2) is 8.42 Å². The van der Waals surface area contributed by atoms with E-state index in [4.69, 9.17) is 15.4 Å². The number of fused-ring (bicyclic) bond motifs is 1. The highest BCUT2D eigenvalue weighted by Crippen LogP contribution is 2.30. The first-order valence-corrected chi connectivity index (χ1v) is 7.20. The fraction of sp³-hybridized carbons (Fsp3) is 0.400. The summed E-state index contributed by atoms with van der Waals surface area (Å²) in [6.45, 7) is 0.645. The highest BCUT2D eigenvalue weighted by molar-refractivity contribution is 8.13. The van der Waals surface area contributed by atoms with Crippen LogP contribution in [0.25, 0.3) is 0 Å². The minimum absolute atomic E-state index is 0.169. The molecule has 0 atom stereocenters. The van der Waals surface area contributed by atoms with E-state index < -0.39 is 9.05 Å². The fourth-order valence-corrected chi connectivity index (χ4v) is 2.71. The molecule has 0 unspecified atom stereocenters. The summed E-state index contributed by atoms with van der Waals surface area (Å²) in [6, 6.07) is 5.54. The van der Waals surface area contributed by atoms with Crippen LogP contribution in [-0.2, 0) is 21.2 Å². The van der Waals surface area contributed by atoms with E-state index in [-0.39, 0.29) is 5.75 Å². The third kappa shape index (κ3) is 2.63. The molecule has 5 heteroatoms. The third-order valence-corrected chi connectivity index (χ3v) is 3.33. The second kappa shape index (κ2) is 4.02. The molecule has 15 heavy (non-hydrogen) atoms. The largest absolute Gasteiger partial charge is 0.493 e. The number of para-hydroxylation sites is 1. The maximum atomic E-state index is 11.0. The zero-order valence-electron chi connectivity index (χ0n) is 8.07. The van der Waals surface area contributed by atoms with Crippen molar-refractivity contribution in [3.63, 3.8) is 0 Å². The van der Waals surface area contributed by atoms with Crippen molar-refractivity contribution in [2.75, 3.05) is 6.61 Å². The van der Waals surface area contributed by atoms with Crippen LogP contribution >= 0.6 is 10.7 Å². The first-order chi connectivity index (χ1) is 7.06. The van der Waals surface area contributed by atoms with E-state index in [1.165, 1.54) is 0 Å². The molecule has 3 nitrogen and oxygen atoms in total. The Labute approximate surface area is 93.4 Å². The van der Waals surface area contributed by atoms with E-state index in [1.54, 1.807) is 6.07 Å². The zero-order valence-corrected chi connectivity index (χ0v) is 9.64. The first-order valence-electron chi connectivity index (χ1n) is 4.72. The number of benzene rings is 1. The van der Waals surface area contributed by atoms with Gasteiger partial charge in [-0.05, 0) is 18.4 Å². The summed E-state index contributed by atoms with van der Waals surface area (Å²) < 4.78 is 27.5. The van der Waals surface area contributed by atoms with Gasteiger partial charge in [0.25, 0.3) is 0 Å². The van der Waals surface area contributed by atoms with Gasteiger partial charge in [-0.15, -0.1) is 0 Å².